The van der Waals surface area contributed by atoms with E-state index >= 15 is 0 Å². The Bertz CT molecular complexity index is 607. The van der Waals surface area contributed by atoms with Crippen molar-refractivity contribution in [3.63, 3.8) is 0 Å². The maximum Gasteiger partial charge on any atom is 0.225 e. The Morgan fingerprint density at radius 2 is 2.28 bits per heavy atom. The highest BCUT2D eigenvalue weighted by molar-refractivity contribution is 7.98. The zero-order valence-corrected chi connectivity index (χ0v) is 11.5. The number of fused-ring (bicyclic) bond motifs is 3. The lowest BCUT2D eigenvalue weighted by Crippen LogP contribution is -2.08. The summed E-state index contributed by atoms with van der Waals surface area (Å²) >= 11 is 3.41. The van der Waals surface area contributed by atoms with Crippen molar-refractivity contribution < 1.29 is 4.79 Å². The van der Waals surface area contributed by atoms with Gasteiger partial charge in [-0.2, -0.15) is 0 Å². The van der Waals surface area contributed by atoms with Gasteiger partial charge < -0.3 is 5.32 Å². The van der Waals surface area contributed by atoms with Crippen LogP contribution in [0.4, 0.5) is 5.13 Å². The molecule has 18 heavy (non-hydrogen) atoms. The molecule has 3 rings (SSSR count). The summed E-state index contributed by atoms with van der Waals surface area (Å²) in [7, 11) is 0. The van der Waals surface area contributed by atoms with Gasteiger partial charge in [-0.3, -0.25) is 4.79 Å². The molecule has 1 aliphatic rings. The summed E-state index contributed by atoms with van der Waals surface area (Å²) in [6.45, 7) is 1.84. The van der Waals surface area contributed by atoms with Crippen LogP contribution in [0.25, 0.3) is 11.3 Å². The Morgan fingerprint density at radius 1 is 1.44 bits per heavy atom. The molecule has 2 aromatic rings. The van der Waals surface area contributed by atoms with E-state index in [0.717, 1.165) is 11.4 Å². The van der Waals surface area contributed by atoms with Gasteiger partial charge in [-0.15, -0.1) is 23.1 Å². The highest BCUT2D eigenvalue weighted by Gasteiger charge is 2.21. The maximum atomic E-state index is 11.4. The number of aromatic nitrogens is 1. The fraction of sp³-hybridized carbons (Fsp3) is 0.231. The minimum atomic E-state index is 0.0158. The van der Waals surface area contributed by atoms with Gasteiger partial charge in [0.05, 0.1) is 5.69 Å². The van der Waals surface area contributed by atoms with E-state index in [2.05, 4.69) is 22.4 Å². The molecule has 0 saturated carbocycles. The number of anilines is 1. The molecule has 0 atom stereocenters. The van der Waals surface area contributed by atoms with Crippen LogP contribution in [0.3, 0.4) is 0 Å². The van der Waals surface area contributed by atoms with Gasteiger partial charge in [0.25, 0.3) is 0 Å². The molecule has 0 unspecified atom stereocenters. The van der Waals surface area contributed by atoms with Crippen LogP contribution in [0, 0.1) is 0 Å². The molecule has 1 N–H and O–H groups in total. The molecule has 0 saturated heterocycles. The summed E-state index contributed by atoms with van der Waals surface area (Å²) in [6.07, 6.45) is 0.482. The van der Waals surface area contributed by atoms with Crippen molar-refractivity contribution >= 4 is 34.1 Å². The highest BCUT2D eigenvalue weighted by atomic mass is 32.2. The predicted octanol–water partition coefficient (Wildman–Crippen LogP) is 3.76. The van der Waals surface area contributed by atoms with Crippen molar-refractivity contribution in [2.75, 3.05) is 5.32 Å². The molecule has 1 aliphatic heterocycles. The van der Waals surface area contributed by atoms with E-state index < -0.39 is 0 Å². The highest BCUT2D eigenvalue weighted by Crippen LogP contribution is 2.44. The number of hydrogen-bond acceptors (Lipinski definition) is 4. The lowest BCUT2D eigenvalue weighted by molar-refractivity contribution is -0.115. The third kappa shape index (κ3) is 2.04. The van der Waals surface area contributed by atoms with Crippen molar-refractivity contribution in [1.29, 1.82) is 0 Å². The molecule has 0 fully saturated rings. The average Bonchev–Trinajstić information content (AvgIpc) is 2.81. The van der Waals surface area contributed by atoms with Crippen LogP contribution in [-0.2, 0) is 10.5 Å². The first-order valence-electron chi connectivity index (χ1n) is 5.79. The third-order valence-electron chi connectivity index (χ3n) is 2.77. The zero-order chi connectivity index (χ0) is 12.5. The predicted molar refractivity (Wildman–Crippen MR) is 76.0 cm³/mol. The lowest BCUT2D eigenvalue weighted by Gasteiger charge is -2.13. The van der Waals surface area contributed by atoms with E-state index in [0.29, 0.717) is 11.6 Å². The van der Waals surface area contributed by atoms with Gasteiger partial charge in [-0.25, -0.2) is 4.98 Å². The molecule has 0 aliphatic carbocycles. The largest absolute Gasteiger partial charge is 0.302 e. The monoisotopic (exact) mass is 276 g/mol. The second-order valence-corrected chi connectivity index (χ2v) is 6.08. The molecule has 1 aromatic carbocycles. The standard InChI is InChI=1S/C13H12N2OS2/c1-2-11(16)14-13-15-12-8-5-3-4-6-9(8)17-7-10(12)18-13/h3-6H,2,7H2,1H3,(H,14,15,16). The van der Waals surface area contributed by atoms with Crippen LogP contribution >= 0.6 is 23.1 Å². The van der Waals surface area contributed by atoms with E-state index in [1.54, 1.807) is 11.3 Å². The lowest BCUT2D eigenvalue weighted by atomic mass is 10.1. The van der Waals surface area contributed by atoms with Gasteiger partial charge >= 0.3 is 0 Å². The molecule has 1 amide bonds. The Balaban J connectivity index is 1.99. The van der Waals surface area contributed by atoms with Gasteiger partial charge in [0.2, 0.25) is 5.91 Å². The molecule has 0 bridgehead atoms. The molecule has 0 radical (unpaired) electrons. The first-order valence-corrected chi connectivity index (χ1v) is 7.60. The van der Waals surface area contributed by atoms with E-state index in [9.17, 15) is 4.79 Å². The average molecular weight is 276 g/mol. The molecule has 92 valence electrons. The summed E-state index contributed by atoms with van der Waals surface area (Å²) in [4.78, 5) is 18.5. The second-order valence-electron chi connectivity index (χ2n) is 3.98. The Morgan fingerprint density at radius 3 is 3.11 bits per heavy atom. The number of carbonyl (C=O) groups excluding carboxylic acids is 1. The van der Waals surface area contributed by atoms with Crippen LogP contribution in [0.15, 0.2) is 29.2 Å². The Kier molecular flexibility index (Phi) is 3.09. The first kappa shape index (κ1) is 11.7. The number of benzene rings is 1. The number of nitrogens with one attached hydrogen (secondary N) is 1. The van der Waals surface area contributed by atoms with Crippen molar-refractivity contribution in [2.45, 2.75) is 24.0 Å². The molecular formula is C13H12N2OS2. The Hall–Kier alpha value is -1.33. The number of rotatable bonds is 2. The molecule has 0 spiro atoms. The normalized spacial score (nSPS) is 12.7. The quantitative estimate of drug-likeness (QED) is 0.908. The van der Waals surface area contributed by atoms with E-state index in [1.807, 2.05) is 30.8 Å². The number of thioether (sulfide) groups is 1. The smallest absolute Gasteiger partial charge is 0.225 e. The maximum absolute atomic E-state index is 11.4. The summed E-state index contributed by atoms with van der Waals surface area (Å²) in [5.74, 6) is 0.952. The van der Waals surface area contributed by atoms with E-state index in [-0.39, 0.29) is 5.91 Å². The van der Waals surface area contributed by atoms with Gasteiger partial charge in [0, 0.05) is 27.5 Å². The number of nitrogens with zero attached hydrogens (tertiary/aromatic N) is 1. The molecule has 2 heterocycles. The van der Waals surface area contributed by atoms with E-state index in [1.165, 1.54) is 15.3 Å². The van der Waals surface area contributed by atoms with Crippen molar-refractivity contribution in [1.82, 2.24) is 4.98 Å². The number of hydrogen-bond donors (Lipinski definition) is 1. The summed E-state index contributed by atoms with van der Waals surface area (Å²) in [5.41, 5.74) is 2.21. The number of thiazole rings is 1. The second kappa shape index (κ2) is 4.74. The van der Waals surface area contributed by atoms with Gasteiger partial charge in [0.1, 0.15) is 0 Å². The SMILES string of the molecule is CCC(=O)Nc1nc2c(s1)CSc1ccccc1-2. The van der Waals surface area contributed by atoms with Crippen molar-refractivity contribution in [3.8, 4) is 11.3 Å². The third-order valence-corrected chi connectivity index (χ3v) is 5.02. The minimum Gasteiger partial charge on any atom is -0.302 e. The van der Waals surface area contributed by atoms with E-state index in [4.69, 9.17) is 0 Å². The Labute approximate surface area is 114 Å². The van der Waals surface area contributed by atoms with Crippen LogP contribution in [-0.4, -0.2) is 10.9 Å². The van der Waals surface area contributed by atoms with Gasteiger partial charge in [-0.05, 0) is 6.07 Å². The minimum absolute atomic E-state index is 0.0158. The molecule has 3 nitrogen and oxygen atoms in total. The summed E-state index contributed by atoms with van der Waals surface area (Å²) in [5, 5.41) is 3.55. The number of carbonyl (C=O) groups is 1. The first-order chi connectivity index (χ1) is 8.78. The van der Waals surface area contributed by atoms with Crippen LogP contribution in [0.1, 0.15) is 18.2 Å². The molecule has 1 aromatic heterocycles. The van der Waals surface area contributed by atoms with Gasteiger partial charge in [0.15, 0.2) is 5.13 Å². The molecular weight excluding hydrogens is 264 g/mol. The summed E-state index contributed by atoms with van der Waals surface area (Å²) in [6, 6.07) is 8.28. The number of amides is 1. The van der Waals surface area contributed by atoms with Crippen LogP contribution in [0.5, 0.6) is 0 Å². The molecule has 5 heteroatoms. The van der Waals surface area contributed by atoms with Crippen molar-refractivity contribution in [3.05, 3.63) is 29.1 Å². The van der Waals surface area contributed by atoms with Crippen LogP contribution in [0.2, 0.25) is 0 Å². The van der Waals surface area contributed by atoms with Crippen LogP contribution < -0.4 is 5.32 Å². The van der Waals surface area contributed by atoms with Gasteiger partial charge in [-0.1, -0.05) is 25.1 Å². The fourth-order valence-corrected chi connectivity index (χ4v) is 3.97. The topological polar surface area (TPSA) is 42.0 Å². The zero-order valence-electron chi connectivity index (χ0n) is 9.90. The summed E-state index contributed by atoms with van der Waals surface area (Å²) < 4.78 is 0. The van der Waals surface area contributed by atoms with Crippen molar-refractivity contribution in [2.24, 2.45) is 0 Å². The fourth-order valence-electron chi connectivity index (χ4n) is 1.85.